The highest BCUT2D eigenvalue weighted by Gasteiger charge is 2.16. The van der Waals surface area contributed by atoms with Crippen molar-refractivity contribution >= 4 is 22.7 Å². The number of aromatic nitrogens is 6. The largest absolute Gasteiger partial charge is 0.490 e. The van der Waals surface area contributed by atoms with Crippen LogP contribution in [0, 0.1) is 6.92 Å². The maximum Gasteiger partial charge on any atom is 0.299 e. The smallest absolute Gasteiger partial charge is 0.299 e. The standard InChI is InChI=1S/C18H15N7O4/c1-10-19-18-21-20-15-12(25(18)22-10)5-6-24(17(15)27)23-16(26)11-3-4-13-14(9-11)29-8-2-7-28-13/h3-6,9H,2,7-8H2,1H3,(H,23,26). The van der Waals surface area contributed by atoms with Gasteiger partial charge < -0.3 is 9.47 Å². The Morgan fingerprint density at radius 1 is 1.14 bits per heavy atom. The van der Waals surface area contributed by atoms with Crippen LogP contribution in [-0.4, -0.2) is 48.6 Å². The van der Waals surface area contributed by atoms with Gasteiger partial charge in [-0.1, -0.05) is 0 Å². The first-order valence-electron chi connectivity index (χ1n) is 8.92. The van der Waals surface area contributed by atoms with Gasteiger partial charge >= 0.3 is 0 Å². The predicted octanol–water partition coefficient (Wildman–Crippen LogP) is 0.688. The minimum atomic E-state index is -0.534. The van der Waals surface area contributed by atoms with Crippen LogP contribution in [0.25, 0.3) is 16.8 Å². The summed E-state index contributed by atoms with van der Waals surface area (Å²) in [6, 6.07) is 6.48. The first kappa shape index (κ1) is 17.1. The van der Waals surface area contributed by atoms with E-state index in [2.05, 4.69) is 25.7 Å². The van der Waals surface area contributed by atoms with Crippen molar-refractivity contribution < 1.29 is 14.3 Å². The minimum Gasteiger partial charge on any atom is -0.490 e. The average molecular weight is 393 g/mol. The fraction of sp³-hybridized carbons (Fsp3) is 0.222. The molecule has 11 heteroatoms. The van der Waals surface area contributed by atoms with Crippen LogP contribution in [0.15, 0.2) is 35.3 Å². The maximum atomic E-state index is 12.8. The van der Waals surface area contributed by atoms with Gasteiger partial charge in [0, 0.05) is 18.2 Å². The zero-order valence-corrected chi connectivity index (χ0v) is 15.3. The van der Waals surface area contributed by atoms with Crippen LogP contribution in [0.5, 0.6) is 11.5 Å². The Labute approximate surface area is 162 Å². The molecular weight excluding hydrogens is 378 g/mol. The normalized spacial score (nSPS) is 13.4. The number of rotatable bonds is 2. The molecule has 1 amide bonds. The number of nitrogens with one attached hydrogen (secondary N) is 1. The molecular formula is C18H15N7O4. The van der Waals surface area contributed by atoms with Gasteiger partial charge in [-0.05, 0) is 31.2 Å². The Morgan fingerprint density at radius 2 is 1.97 bits per heavy atom. The zero-order chi connectivity index (χ0) is 20.0. The van der Waals surface area contributed by atoms with Gasteiger partial charge in [0.1, 0.15) is 11.3 Å². The topological polar surface area (TPSA) is 126 Å². The summed E-state index contributed by atoms with van der Waals surface area (Å²) in [7, 11) is 0. The first-order chi connectivity index (χ1) is 14.1. The Morgan fingerprint density at radius 3 is 2.83 bits per heavy atom. The molecule has 0 unspecified atom stereocenters. The van der Waals surface area contributed by atoms with E-state index in [1.165, 1.54) is 10.7 Å². The van der Waals surface area contributed by atoms with E-state index in [1.807, 2.05) is 0 Å². The SMILES string of the molecule is Cc1nc2nnc3c(=O)n(NC(=O)c4ccc5c(c4)OCCCO5)ccc3n2n1. The summed E-state index contributed by atoms with van der Waals surface area (Å²) in [5.74, 6) is 1.41. The van der Waals surface area contributed by atoms with E-state index in [0.29, 0.717) is 47.4 Å². The second-order valence-electron chi connectivity index (χ2n) is 6.45. The molecule has 11 nitrogen and oxygen atoms in total. The Kier molecular flexibility index (Phi) is 3.86. The molecule has 5 rings (SSSR count). The number of benzene rings is 1. The van der Waals surface area contributed by atoms with E-state index in [-0.39, 0.29) is 5.52 Å². The molecule has 0 bridgehead atoms. The Hall–Kier alpha value is -4.02. The van der Waals surface area contributed by atoms with Crippen LogP contribution < -0.4 is 20.5 Å². The van der Waals surface area contributed by atoms with Crippen LogP contribution in [-0.2, 0) is 0 Å². The molecule has 1 aliphatic heterocycles. The lowest BCUT2D eigenvalue weighted by Crippen LogP contribution is -2.33. The van der Waals surface area contributed by atoms with Gasteiger partial charge in [0.2, 0.25) is 0 Å². The highest BCUT2D eigenvalue weighted by atomic mass is 16.5. The summed E-state index contributed by atoms with van der Waals surface area (Å²) in [6.45, 7) is 2.79. The Bertz CT molecular complexity index is 1330. The van der Waals surface area contributed by atoms with Crippen LogP contribution in [0.4, 0.5) is 0 Å². The number of carbonyl (C=O) groups excluding carboxylic acids is 1. The number of ether oxygens (including phenoxy) is 2. The molecule has 29 heavy (non-hydrogen) atoms. The fourth-order valence-corrected chi connectivity index (χ4v) is 3.07. The lowest BCUT2D eigenvalue weighted by molar-refractivity contribution is 0.101. The summed E-state index contributed by atoms with van der Waals surface area (Å²) in [4.78, 5) is 29.5. The van der Waals surface area contributed by atoms with Crippen molar-refractivity contribution in [3.8, 4) is 11.5 Å². The molecule has 0 spiro atoms. The molecule has 146 valence electrons. The van der Waals surface area contributed by atoms with Gasteiger partial charge in [0.25, 0.3) is 17.2 Å². The van der Waals surface area contributed by atoms with Crippen molar-refractivity contribution in [2.75, 3.05) is 18.6 Å². The van der Waals surface area contributed by atoms with E-state index in [1.54, 1.807) is 31.2 Å². The number of nitrogens with zero attached hydrogens (tertiary/aromatic N) is 6. The number of amides is 1. The minimum absolute atomic E-state index is 0.0591. The highest BCUT2D eigenvalue weighted by molar-refractivity contribution is 6.00. The van der Waals surface area contributed by atoms with Crippen molar-refractivity contribution in [1.29, 1.82) is 0 Å². The molecule has 0 fully saturated rings. The van der Waals surface area contributed by atoms with Crippen molar-refractivity contribution in [1.82, 2.24) is 29.5 Å². The monoisotopic (exact) mass is 393 g/mol. The van der Waals surface area contributed by atoms with Crippen molar-refractivity contribution in [3.05, 3.63) is 52.2 Å². The van der Waals surface area contributed by atoms with Crippen molar-refractivity contribution in [2.45, 2.75) is 13.3 Å². The van der Waals surface area contributed by atoms with Crippen molar-refractivity contribution in [3.63, 3.8) is 0 Å². The number of hydrogen-bond donors (Lipinski definition) is 1. The molecule has 0 aliphatic carbocycles. The summed E-state index contributed by atoms with van der Waals surface area (Å²) in [6.07, 6.45) is 2.20. The average Bonchev–Trinajstić information content (AvgIpc) is 2.95. The van der Waals surface area contributed by atoms with Gasteiger partial charge in [-0.2, -0.15) is 9.50 Å². The molecule has 1 aromatic carbocycles. The van der Waals surface area contributed by atoms with E-state index in [0.717, 1.165) is 11.1 Å². The quantitative estimate of drug-likeness (QED) is 0.527. The third-order valence-corrected chi connectivity index (χ3v) is 4.44. The molecule has 0 radical (unpaired) electrons. The molecule has 0 atom stereocenters. The van der Waals surface area contributed by atoms with Crippen LogP contribution >= 0.6 is 0 Å². The molecule has 3 aromatic heterocycles. The number of fused-ring (bicyclic) bond motifs is 4. The first-order valence-corrected chi connectivity index (χ1v) is 8.92. The van der Waals surface area contributed by atoms with Gasteiger partial charge in [-0.3, -0.25) is 15.0 Å². The number of pyridine rings is 1. The third kappa shape index (κ3) is 2.92. The van der Waals surface area contributed by atoms with E-state index in [4.69, 9.17) is 9.47 Å². The lowest BCUT2D eigenvalue weighted by atomic mass is 10.2. The van der Waals surface area contributed by atoms with E-state index >= 15 is 0 Å². The van der Waals surface area contributed by atoms with Gasteiger partial charge in [-0.25, -0.2) is 4.68 Å². The molecule has 0 saturated carbocycles. The van der Waals surface area contributed by atoms with E-state index < -0.39 is 11.5 Å². The highest BCUT2D eigenvalue weighted by Crippen LogP contribution is 2.30. The van der Waals surface area contributed by atoms with Crippen LogP contribution in [0.3, 0.4) is 0 Å². The van der Waals surface area contributed by atoms with Gasteiger partial charge in [0.15, 0.2) is 17.0 Å². The fourth-order valence-electron chi connectivity index (χ4n) is 3.07. The number of aryl methyl sites for hydroxylation is 1. The second-order valence-corrected chi connectivity index (χ2v) is 6.45. The van der Waals surface area contributed by atoms with Crippen LogP contribution in [0.2, 0.25) is 0 Å². The lowest BCUT2D eigenvalue weighted by Gasteiger charge is -2.11. The second kappa shape index (κ2) is 6.55. The molecule has 4 aromatic rings. The predicted molar refractivity (Wildman–Crippen MR) is 101 cm³/mol. The summed E-state index contributed by atoms with van der Waals surface area (Å²) < 4.78 is 13.7. The molecule has 1 N–H and O–H groups in total. The van der Waals surface area contributed by atoms with Crippen molar-refractivity contribution in [2.24, 2.45) is 0 Å². The summed E-state index contributed by atoms with van der Waals surface area (Å²) >= 11 is 0. The van der Waals surface area contributed by atoms with Gasteiger partial charge in [0.05, 0.1) is 13.2 Å². The van der Waals surface area contributed by atoms with Gasteiger partial charge in [-0.15, -0.1) is 15.3 Å². The summed E-state index contributed by atoms with van der Waals surface area (Å²) in [5.41, 5.74) is 2.85. The number of hydrogen-bond acceptors (Lipinski definition) is 8. The summed E-state index contributed by atoms with van der Waals surface area (Å²) in [5, 5.41) is 12.1. The zero-order valence-electron chi connectivity index (χ0n) is 15.3. The Balaban J connectivity index is 1.49. The molecule has 1 aliphatic rings. The molecule has 0 saturated heterocycles. The molecule has 4 heterocycles. The third-order valence-electron chi connectivity index (χ3n) is 4.44. The van der Waals surface area contributed by atoms with Crippen LogP contribution in [0.1, 0.15) is 22.6 Å². The number of carbonyl (C=O) groups is 1. The van der Waals surface area contributed by atoms with E-state index in [9.17, 15) is 9.59 Å². The maximum absolute atomic E-state index is 12.8.